The number of carbonyl (C=O) groups excluding carboxylic acids is 2. The van der Waals surface area contributed by atoms with Gasteiger partial charge in [-0.05, 0) is 54.2 Å². The molecule has 4 rings (SSSR count). The molecule has 0 spiro atoms. The van der Waals surface area contributed by atoms with E-state index in [1.807, 2.05) is 18.2 Å². The maximum atomic E-state index is 14.6. The quantitative estimate of drug-likeness (QED) is 0.828. The molecule has 0 bridgehead atoms. The van der Waals surface area contributed by atoms with Gasteiger partial charge in [-0.2, -0.15) is 0 Å². The number of hydrogen-bond donors (Lipinski definition) is 2. The summed E-state index contributed by atoms with van der Waals surface area (Å²) in [7, 11) is 0. The maximum Gasteiger partial charge on any atom is 0.261 e. The zero-order valence-electron chi connectivity index (χ0n) is 14.8. The first-order valence-corrected chi connectivity index (χ1v) is 8.83. The molecule has 27 heavy (non-hydrogen) atoms. The van der Waals surface area contributed by atoms with E-state index in [0.29, 0.717) is 31.6 Å². The zero-order valence-corrected chi connectivity index (χ0v) is 15.6. The first-order valence-electron chi connectivity index (χ1n) is 8.83. The predicted molar refractivity (Wildman–Crippen MR) is 105 cm³/mol. The van der Waals surface area contributed by atoms with Crippen molar-refractivity contribution in [1.82, 2.24) is 0 Å². The third-order valence-electron chi connectivity index (χ3n) is 5.06. The number of benzene rings is 2. The highest BCUT2D eigenvalue weighted by Gasteiger charge is 2.27. The van der Waals surface area contributed by atoms with E-state index in [0.717, 1.165) is 35.2 Å². The van der Waals surface area contributed by atoms with Crippen molar-refractivity contribution < 1.29 is 14.0 Å². The summed E-state index contributed by atoms with van der Waals surface area (Å²) in [6.45, 7) is 1.01. The van der Waals surface area contributed by atoms with E-state index in [2.05, 4.69) is 5.32 Å². The standard InChI is InChI=1S/C20H20FN3O2.ClH/c21-16-10-17-13(4-6-19(25)23-17)9-15(16)20(26)24-7-1-2-14-8-12(11-22)3-5-18(14)24;/h3,5,8-10H,1-2,4,6-7,11,22H2,(H,23,25);1H. The van der Waals surface area contributed by atoms with E-state index in [4.69, 9.17) is 5.73 Å². The lowest BCUT2D eigenvalue weighted by Gasteiger charge is -2.30. The summed E-state index contributed by atoms with van der Waals surface area (Å²) in [5, 5.41) is 2.66. The summed E-state index contributed by atoms with van der Waals surface area (Å²) in [5.41, 5.74) is 9.92. The Bertz CT molecular complexity index is 916. The van der Waals surface area contributed by atoms with Crippen LogP contribution in [0.3, 0.4) is 0 Å². The fraction of sp³-hybridized carbons (Fsp3) is 0.300. The van der Waals surface area contributed by atoms with Crippen LogP contribution >= 0.6 is 12.4 Å². The van der Waals surface area contributed by atoms with Crippen molar-refractivity contribution in [3.8, 4) is 0 Å². The monoisotopic (exact) mass is 389 g/mol. The van der Waals surface area contributed by atoms with Crippen LogP contribution in [0.15, 0.2) is 30.3 Å². The first-order chi connectivity index (χ1) is 12.6. The molecule has 2 heterocycles. The number of amides is 2. The van der Waals surface area contributed by atoms with Gasteiger partial charge in [0.25, 0.3) is 5.91 Å². The molecule has 3 N–H and O–H groups in total. The van der Waals surface area contributed by atoms with Crippen molar-refractivity contribution in [2.24, 2.45) is 5.73 Å². The lowest BCUT2D eigenvalue weighted by Crippen LogP contribution is -2.36. The molecule has 2 aliphatic heterocycles. The minimum absolute atomic E-state index is 0. The summed E-state index contributed by atoms with van der Waals surface area (Å²) in [6.07, 6.45) is 2.57. The largest absolute Gasteiger partial charge is 0.326 e. The molecule has 0 saturated heterocycles. The number of nitrogens with zero attached hydrogens (tertiary/aromatic N) is 1. The SMILES string of the molecule is Cl.NCc1ccc2c(c1)CCCN2C(=O)c1cc2c(cc1F)NC(=O)CC2. The molecule has 0 unspecified atom stereocenters. The molecule has 2 aliphatic rings. The lowest BCUT2D eigenvalue weighted by molar-refractivity contribution is -0.116. The van der Waals surface area contributed by atoms with Gasteiger partial charge in [0.05, 0.1) is 5.56 Å². The number of fused-ring (bicyclic) bond motifs is 2. The Hall–Kier alpha value is -2.44. The van der Waals surface area contributed by atoms with Crippen molar-refractivity contribution in [3.63, 3.8) is 0 Å². The van der Waals surface area contributed by atoms with Crippen molar-refractivity contribution in [3.05, 3.63) is 58.4 Å². The summed E-state index contributed by atoms with van der Waals surface area (Å²) in [4.78, 5) is 26.2. The van der Waals surface area contributed by atoms with Gasteiger partial charge in [-0.1, -0.05) is 12.1 Å². The van der Waals surface area contributed by atoms with Gasteiger partial charge in [-0.15, -0.1) is 12.4 Å². The highest BCUT2D eigenvalue weighted by molar-refractivity contribution is 6.07. The summed E-state index contributed by atoms with van der Waals surface area (Å²) in [5.74, 6) is -1.08. The van der Waals surface area contributed by atoms with Crippen molar-refractivity contribution in [1.29, 1.82) is 0 Å². The number of nitrogens with two attached hydrogens (primary N) is 1. The van der Waals surface area contributed by atoms with Gasteiger partial charge in [0.2, 0.25) is 5.91 Å². The number of nitrogens with one attached hydrogen (secondary N) is 1. The number of aryl methyl sites for hydroxylation is 2. The topological polar surface area (TPSA) is 75.4 Å². The third-order valence-corrected chi connectivity index (χ3v) is 5.06. The summed E-state index contributed by atoms with van der Waals surface area (Å²) >= 11 is 0. The van der Waals surface area contributed by atoms with E-state index in [1.165, 1.54) is 6.07 Å². The van der Waals surface area contributed by atoms with Crippen LogP contribution in [-0.2, 0) is 24.2 Å². The van der Waals surface area contributed by atoms with Crippen LogP contribution < -0.4 is 16.0 Å². The molecule has 2 aromatic carbocycles. The van der Waals surface area contributed by atoms with E-state index >= 15 is 0 Å². The average molecular weight is 390 g/mol. The van der Waals surface area contributed by atoms with Crippen LogP contribution in [0, 0.1) is 5.82 Å². The molecule has 0 aromatic heterocycles. The second kappa shape index (κ2) is 7.66. The normalized spacial score (nSPS) is 15.3. The molecular formula is C20H21ClFN3O2. The molecule has 142 valence electrons. The van der Waals surface area contributed by atoms with E-state index in [9.17, 15) is 14.0 Å². The van der Waals surface area contributed by atoms with Gasteiger partial charge in [0.1, 0.15) is 5.82 Å². The smallest absolute Gasteiger partial charge is 0.261 e. The van der Waals surface area contributed by atoms with Crippen LogP contribution in [0.1, 0.15) is 39.9 Å². The molecule has 7 heteroatoms. The maximum absolute atomic E-state index is 14.6. The molecule has 0 saturated carbocycles. The minimum atomic E-state index is -0.610. The van der Waals surface area contributed by atoms with Crippen molar-refractivity contribution in [2.45, 2.75) is 32.2 Å². The predicted octanol–water partition coefficient (Wildman–Crippen LogP) is 3.18. The molecule has 5 nitrogen and oxygen atoms in total. The van der Waals surface area contributed by atoms with Gasteiger partial charge in [0.15, 0.2) is 0 Å². The van der Waals surface area contributed by atoms with E-state index < -0.39 is 5.82 Å². The number of anilines is 2. The first kappa shape index (κ1) is 19.3. The Morgan fingerprint density at radius 2 is 1.96 bits per heavy atom. The number of hydrogen-bond acceptors (Lipinski definition) is 3. The molecule has 0 radical (unpaired) electrons. The fourth-order valence-electron chi connectivity index (χ4n) is 3.70. The molecule has 0 fully saturated rings. The summed E-state index contributed by atoms with van der Waals surface area (Å²) < 4.78 is 14.6. The minimum Gasteiger partial charge on any atom is -0.326 e. The van der Waals surface area contributed by atoms with Crippen LogP contribution in [0.2, 0.25) is 0 Å². The molecular weight excluding hydrogens is 369 g/mol. The Labute approximate surface area is 163 Å². The van der Waals surface area contributed by atoms with Gasteiger partial charge < -0.3 is 16.0 Å². The number of rotatable bonds is 2. The van der Waals surface area contributed by atoms with E-state index in [-0.39, 0.29) is 29.8 Å². The van der Waals surface area contributed by atoms with Crippen LogP contribution in [0.25, 0.3) is 0 Å². The van der Waals surface area contributed by atoms with Crippen LogP contribution in [-0.4, -0.2) is 18.4 Å². The molecule has 0 aliphatic carbocycles. The highest BCUT2D eigenvalue weighted by Crippen LogP contribution is 2.32. The zero-order chi connectivity index (χ0) is 18.3. The average Bonchev–Trinajstić information content (AvgIpc) is 2.65. The van der Waals surface area contributed by atoms with Crippen molar-refractivity contribution >= 4 is 35.6 Å². The van der Waals surface area contributed by atoms with Crippen LogP contribution in [0.5, 0.6) is 0 Å². The van der Waals surface area contributed by atoms with Crippen molar-refractivity contribution in [2.75, 3.05) is 16.8 Å². The highest BCUT2D eigenvalue weighted by atomic mass is 35.5. The molecule has 2 aromatic rings. The van der Waals surface area contributed by atoms with Gasteiger partial charge in [-0.25, -0.2) is 4.39 Å². The lowest BCUT2D eigenvalue weighted by atomic mass is 9.96. The third kappa shape index (κ3) is 3.55. The Morgan fingerprint density at radius 1 is 1.15 bits per heavy atom. The number of carbonyl (C=O) groups is 2. The number of halogens is 2. The molecule has 0 atom stereocenters. The Kier molecular flexibility index (Phi) is 5.48. The second-order valence-electron chi connectivity index (χ2n) is 6.76. The Balaban J connectivity index is 0.00000210. The Morgan fingerprint density at radius 3 is 2.74 bits per heavy atom. The summed E-state index contributed by atoms with van der Waals surface area (Å²) in [6, 6.07) is 8.65. The van der Waals surface area contributed by atoms with Gasteiger partial charge in [0, 0.05) is 30.9 Å². The molecule has 2 amide bonds. The second-order valence-corrected chi connectivity index (χ2v) is 6.76. The fourth-order valence-corrected chi connectivity index (χ4v) is 3.70. The van der Waals surface area contributed by atoms with E-state index in [1.54, 1.807) is 11.0 Å². The van der Waals surface area contributed by atoms with Crippen LogP contribution in [0.4, 0.5) is 15.8 Å². The van der Waals surface area contributed by atoms with Gasteiger partial charge >= 0.3 is 0 Å². The van der Waals surface area contributed by atoms with Gasteiger partial charge in [-0.3, -0.25) is 9.59 Å².